The fourth-order valence-corrected chi connectivity index (χ4v) is 2.56. The number of piperidine rings is 1. The highest BCUT2D eigenvalue weighted by molar-refractivity contribution is 5.75. The number of nitrogens with one attached hydrogen (secondary N) is 1. The van der Waals surface area contributed by atoms with E-state index in [1.54, 1.807) is 0 Å². The van der Waals surface area contributed by atoms with E-state index >= 15 is 0 Å². The average Bonchev–Trinajstić information content (AvgIpc) is 2.42. The second kappa shape index (κ2) is 7.85. The summed E-state index contributed by atoms with van der Waals surface area (Å²) in [5.74, 6) is -0.120. The number of ether oxygens (including phenoxy) is 1. The van der Waals surface area contributed by atoms with Gasteiger partial charge in [-0.15, -0.1) is 0 Å². The van der Waals surface area contributed by atoms with E-state index in [9.17, 15) is 4.79 Å². The normalized spacial score (nSPS) is 21.1. The van der Waals surface area contributed by atoms with Gasteiger partial charge in [0.25, 0.3) is 0 Å². The summed E-state index contributed by atoms with van der Waals surface area (Å²) in [6.07, 6.45) is 5.43. The average molecular weight is 270 g/mol. The Labute approximate surface area is 117 Å². The zero-order chi connectivity index (χ0) is 14.3. The molecular weight excluding hydrogens is 240 g/mol. The Morgan fingerprint density at radius 3 is 2.58 bits per heavy atom. The number of unbranched alkanes of at least 4 members (excludes halogenated alkanes) is 1. The molecule has 0 aromatic rings. The fourth-order valence-electron chi connectivity index (χ4n) is 2.56. The molecule has 0 aromatic heterocycles. The number of nitrogens with zero attached hydrogens (tertiary/aromatic N) is 1. The Morgan fingerprint density at radius 2 is 2.05 bits per heavy atom. The van der Waals surface area contributed by atoms with Gasteiger partial charge in [-0.3, -0.25) is 4.79 Å². The zero-order valence-corrected chi connectivity index (χ0v) is 13.0. The molecule has 0 amide bonds. The van der Waals surface area contributed by atoms with Crippen LogP contribution in [0.1, 0.15) is 46.0 Å². The smallest absolute Gasteiger partial charge is 0.322 e. The SMILES string of the molecule is CCCCC(NCC1(C)CCN(C)CC1)C(=O)OC. The summed E-state index contributed by atoms with van der Waals surface area (Å²) in [6.45, 7) is 7.67. The predicted octanol–water partition coefficient (Wildman–Crippen LogP) is 2.04. The molecule has 4 nitrogen and oxygen atoms in total. The number of carbonyl (C=O) groups excluding carboxylic acids is 1. The monoisotopic (exact) mass is 270 g/mol. The number of rotatable bonds is 7. The highest BCUT2D eigenvalue weighted by Gasteiger charge is 2.30. The molecule has 1 unspecified atom stereocenters. The molecular formula is C15H30N2O2. The maximum atomic E-state index is 11.8. The van der Waals surface area contributed by atoms with E-state index in [1.807, 2.05) is 0 Å². The summed E-state index contributed by atoms with van der Waals surface area (Å²) in [5.41, 5.74) is 0.311. The lowest BCUT2D eigenvalue weighted by atomic mass is 9.80. The Balaban J connectivity index is 2.43. The molecule has 19 heavy (non-hydrogen) atoms. The van der Waals surface area contributed by atoms with Crippen LogP contribution in [0.25, 0.3) is 0 Å². The van der Waals surface area contributed by atoms with Crippen LogP contribution in [0.4, 0.5) is 0 Å². The van der Waals surface area contributed by atoms with Crippen LogP contribution in [-0.2, 0) is 9.53 Å². The van der Waals surface area contributed by atoms with Crippen molar-refractivity contribution in [2.75, 3.05) is 33.8 Å². The van der Waals surface area contributed by atoms with Gasteiger partial charge in [0.2, 0.25) is 0 Å². The summed E-state index contributed by atoms with van der Waals surface area (Å²) in [7, 11) is 3.64. The summed E-state index contributed by atoms with van der Waals surface area (Å²) >= 11 is 0. The Kier molecular flexibility index (Phi) is 6.80. The Hall–Kier alpha value is -0.610. The molecule has 0 radical (unpaired) electrons. The van der Waals surface area contributed by atoms with Crippen LogP contribution in [-0.4, -0.2) is 50.7 Å². The first-order chi connectivity index (χ1) is 9.00. The molecule has 4 heteroatoms. The van der Waals surface area contributed by atoms with Gasteiger partial charge in [-0.2, -0.15) is 0 Å². The molecule has 1 saturated heterocycles. The van der Waals surface area contributed by atoms with Gasteiger partial charge in [0, 0.05) is 6.54 Å². The molecule has 1 aliphatic rings. The third kappa shape index (κ3) is 5.49. The van der Waals surface area contributed by atoms with E-state index in [0.29, 0.717) is 5.41 Å². The number of hydrogen-bond acceptors (Lipinski definition) is 4. The number of carbonyl (C=O) groups is 1. The minimum Gasteiger partial charge on any atom is -0.468 e. The zero-order valence-electron chi connectivity index (χ0n) is 13.0. The van der Waals surface area contributed by atoms with Crippen molar-refractivity contribution >= 4 is 5.97 Å². The quantitative estimate of drug-likeness (QED) is 0.719. The summed E-state index contributed by atoms with van der Waals surface area (Å²) in [4.78, 5) is 14.1. The maximum absolute atomic E-state index is 11.8. The molecule has 1 rings (SSSR count). The molecule has 0 spiro atoms. The van der Waals surface area contributed by atoms with Gasteiger partial charge >= 0.3 is 5.97 Å². The van der Waals surface area contributed by atoms with Crippen molar-refractivity contribution in [2.45, 2.75) is 52.0 Å². The largest absolute Gasteiger partial charge is 0.468 e. The van der Waals surface area contributed by atoms with Crippen LogP contribution in [0.2, 0.25) is 0 Å². The fraction of sp³-hybridized carbons (Fsp3) is 0.933. The molecule has 0 aliphatic carbocycles. The number of methoxy groups -OCH3 is 1. The molecule has 1 fully saturated rings. The van der Waals surface area contributed by atoms with Crippen molar-refractivity contribution in [1.82, 2.24) is 10.2 Å². The predicted molar refractivity (Wildman–Crippen MR) is 78.2 cm³/mol. The van der Waals surface area contributed by atoms with Crippen LogP contribution < -0.4 is 5.32 Å². The van der Waals surface area contributed by atoms with Crippen molar-refractivity contribution in [1.29, 1.82) is 0 Å². The van der Waals surface area contributed by atoms with Crippen molar-refractivity contribution < 1.29 is 9.53 Å². The van der Waals surface area contributed by atoms with Gasteiger partial charge in [0.05, 0.1) is 7.11 Å². The molecule has 1 N–H and O–H groups in total. The van der Waals surface area contributed by atoms with Gasteiger partial charge in [-0.05, 0) is 44.8 Å². The van der Waals surface area contributed by atoms with Gasteiger partial charge < -0.3 is 15.0 Å². The third-order valence-corrected chi connectivity index (χ3v) is 4.30. The van der Waals surface area contributed by atoms with Gasteiger partial charge in [-0.25, -0.2) is 0 Å². The van der Waals surface area contributed by atoms with E-state index in [2.05, 4.69) is 31.1 Å². The highest BCUT2D eigenvalue weighted by atomic mass is 16.5. The summed E-state index contributed by atoms with van der Waals surface area (Å²) in [6, 6.07) is -0.138. The van der Waals surface area contributed by atoms with E-state index < -0.39 is 0 Å². The van der Waals surface area contributed by atoms with Gasteiger partial charge in [-0.1, -0.05) is 26.7 Å². The number of esters is 1. The highest BCUT2D eigenvalue weighted by Crippen LogP contribution is 2.29. The lowest BCUT2D eigenvalue weighted by Gasteiger charge is -2.38. The first-order valence-electron chi connectivity index (χ1n) is 7.50. The Bertz CT molecular complexity index is 273. The molecule has 1 atom stereocenters. The van der Waals surface area contributed by atoms with E-state index in [0.717, 1.165) is 38.9 Å². The second-order valence-corrected chi connectivity index (χ2v) is 6.21. The van der Waals surface area contributed by atoms with Crippen LogP contribution in [0.3, 0.4) is 0 Å². The van der Waals surface area contributed by atoms with Crippen molar-refractivity contribution in [3.05, 3.63) is 0 Å². The standard InChI is InChI=1S/C15H30N2O2/c1-5-6-7-13(14(18)19-4)16-12-15(2)8-10-17(3)11-9-15/h13,16H,5-12H2,1-4H3. The minimum absolute atomic E-state index is 0.120. The first-order valence-corrected chi connectivity index (χ1v) is 7.50. The summed E-state index contributed by atoms with van der Waals surface area (Å²) < 4.78 is 4.89. The number of likely N-dealkylation sites (tertiary alicyclic amines) is 1. The van der Waals surface area contributed by atoms with Crippen molar-refractivity contribution in [3.8, 4) is 0 Å². The summed E-state index contributed by atoms with van der Waals surface area (Å²) in [5, 5.41) is 3.44. The first kappa shape index (κ1) is 16.4. The lowest BCUT2D eigenvalue weighted by molar-refractivity contribution is -0.143. The molecule has 1 aliphatic heterocycles. The van der Waals surface area contributed by atoms with Crippen molar-refractivity contribution in [2.24, 2.45) is 5.41 Å². The van der Waals surface area contributed by atoms with Gasteiger partial charge in [0.15, 0.2) is 0 Å². The van der Waals surface area contributed by atoms with Crippen LogP contribution in [0.15, 0.2) is 0 Å². The van der Waals surface area contributed by atoms with E-state index in [-0.39, 0.29) is 12.0 Å². The molecule has 0 saturated carbocycles. The topological polar surface area (TPSA) is 41.6 Å². The van der Waals surface area contributed by atoms with Crippen molar-refractivity contribution in [3.63, 3.8) is 0 Å². The molecule has 0 aromatic carbocycles. The Morgan fingerprint density at radius 1 is 1.42 bits per heavy atom. The van der Waals surface area contributed by atoms with Crippen LogP contribution >= 0.6 is 0 Å². The number of hydrogen-bond donors (Lipinski definition) is 1. The third-order valence-electron chi connectivity index (χ3n) is 4.30. The van der Waals surface area contributed by atoms with E-state index in [1.165, 1.54) is 20.0 Å². The molecule has 1 heterocycles. The second-order valence-electron chi connectivity index (χ2n) is 6.21. The van der Waals surface area contributed by atoms with Gasteiger partial charge in [0.1, 0.15) is 6.04 Å². The van der Waals surface area contributed by atoms with E-state index in [4.69, 9.17) is 4.74 Å². The van der Waals surface area contributed by atoms with Crippen LogP contribution in [0.5, 0.6) is 0 Å². The van der Waals surface area contributed by atoms with Crippen LogP contribution in [0, 0.1) is 5.41 Å². The maximum Gasteiger partial charge on any atom is 0.322 e. The lowest BCUT2D eigenvalue weighted by Crippen LogP contribution is -2.47. The molecule has 0 bridgehead atoms. The minimum atomic E-state index is -0.138. The molecule has 112 valence electrons.